The summed E-state index contributed by atoms with van der Waals surface area (Å²) in [6.07, 6.45) is 2.85. The quantitative estimate of drug-likeness (QED) is 0.799. The van der Waals surface area contributed by atoms with Gasteiger partial charge in [0.05, 0.1) is 11.2 Å². The predicted molar refractivity (Wildman–Crippen MR) is 85.2 cm³/mol. The maximum Gasteiger partial charge on any atom is 0.0708 e. The number of hydrogen-bond acceptors (Lipinski definition) is 3. The number of nitrogens with zero attached hydrogens (tertiary/aromatic N) is 3. The number of pyridine rings is 1. The van der Waals surface area contributed by atoms with E-state index in [9.17, 15) is 0 Å². The third-order valence-corrected chi connectivity index (χ3v) is 3.78. The van der Waals surface area contributed by atoms with E-state index in [1.807, 2.05) is 38.0 Å². The lowest BCUT2D eigenvalue weighted by molar-refractivity contribution is 0.580. The molecule has 0 radical (unpaired) electrons. The second-order valence-electron chi connectivity index (χ2n) is 5.40. The van der Waals surface area contributed by atoms with Crippen LogP contribution in [0.1, 0.15) is 23.0 Å². The van der Waals surface area contributed by atoms with Crippen LogP contribution in [0.15, 0.2) is 42.6 Å². The zero-order valence-electron chi connectivity index (χ0n) is 12.7. The molecule has 0 fully saturated rings. The minimum absolute atomic E-state index is 0.228. The third kappa shape index (κ3) is 2.81. The molecule has 0 aliphatic heterocycles. The van der Waals surface area contributed by atoms with Crippen molar-refractivity contribution < 1.29 is 0 Å². The Morgan fingerprint density at radius 2 is 2.05 bits per heavy atom. The van der Waals surface area contributed by atoms with Crippen molar-refractivity contribution in [2.24, 2.45) is 7.05 Å². The smallest absolute Gasteiger partial charge is 0.0708 e. The maximum atomic E-state index is 4.62. The Bertz CT molecular complexity index is 760. The van der Waals surface area contributed by atoms with Crippen molar-refractivity contribution in [3.05, 3.63) is 59.5 Å². The van der Waals surface area contributed by atoms with Crippen molar-refractivity contribution in [3.63, 3.8) is 0 Å². The van der Waals surface area contributed by atoms with Crippen LogP contribution in [0, 0.1) is 6.92 Å². The highest BCUT2D eigenvalue weighted by atomic mass is 15.2. The van der Waals surface area contributed by atoms with Crippen molar-refractivity contribution in [2.75, 3.05) is 7.05 Å². The molecule has 3 rings (SSSR count). The number of aryl methyl sites for hydroxylation is 2. The van der Waals surface area contributed by atoms with Gasteiger partial charge in [0, 0.05) is 36.8 Å². The molecule has 0 saturated heterocycles. The van der Waals surface area contributed by atoms with Gasteiger partial charge in [-0.25, -0.2) is 0 Å². The average Bonchev–Trinajstić information content (AvgIpc) is 2.89. The number of hydrogen-bond donors (Lipinski definition) is 1. The van der Waals surface area contributed by atoms with Gasteiger partial charge in [0.2, 0.25) is 0 Å². The maximum absolute atomic E-state index is 4.62. The largest absolute Gasteiger partial charge is 0.313 e. The molecule has 2 heterocycles. The number of rotatable bonds is 4. The molecular formula is C17H20N4. The zero-order chi connectivity index (χ0) is 14.8. The number of fused-ring (bicyclic) bond motifs is 1. The summed E-state index contributed by atoms with van der Waals surface area (Å²) in [5, 5.41) is 9.11. The first-order chi connectivity index (χ1) is 10.2. The van der Waals surface area contributed by atoms with E-state index in [1.54, 1.807) is 0 Å². The van der Waals surface area contributed by atoms with Gasteiger partial charge in [-0.2, -0.15) is 5.10 Å². The molecule has 21 heavy (non-hydrogen) atoms. The van der Waals surface area contributed by atoms with Gasteiger partial charge in [-0.1, -0.05) is 18.2 Å². The van der Waals surface area contributed by atoms with E-state index in [0.717, 1.165) is 23.3 Å². The molecule has 4 heteroatoms. The molecule has 3 aromatic rings. The Kier molecular flexibility index (Phi) is 3.71. The van der Waals surface area contributed by atoms with E-state index in [4.69, 9.17) is 0 Å². The lowest BCUT2D eigenvalue weighted by Gasteiger charge is -2.18. The topological polar surface area (TPSA) is 42.7 Å². The van der Waals surface area contributed by atoms with Gasteiger partial charge in [-0.05, 0) is 37.7 Å². The van der Waals surface area contributed by atoms with Crippen LogP contribution in [0.5, 0.6) is 0 Å². The van der Waals surface area contributed by atoms with Crippen LogP contribution in [-0.4, -0.2) is 21.8 Å². The second-order valence-corrected chi connectivity index (χ2v) is 5.40. The standard InChI is InChI=1S/C17H20N4/c1-12-10-15(14-6-4-5-7-16(14)19-12)17(18-2)11-13-8-9-21(3)20-13/h4-10,17-18H,11H2,1-3H3. The third-order valence-electron chi connectivity index (χ3n) is 3.78. The molecule has 1 aromatic carbocycles. The molecule has 0 saturated carbocycles. The highest BCUT2D eigenvalue weighted by Gasteiger charge is 2.15. The van der Waals surface area contributed by atoms with Gasteiger partial charge in [0.25, 0.3) is 0 Å². The summed E-state index contributed by atoms with van der Waals surface area (Å²) in [4.78, 5) is 4.62. The second kappa shape index (κ2) is 5.66. The van der Waals surface area contributed by atoms with Crippen molar-refractivity contribution in [1.29, 1.82) is 0 Å². The van der Waals surface area contributed by atoms with Crippen LogP contribution in [0.3, 0.4) is 0 Å². The van der Waals surface area contributed by atoms with E-state index in [1.165, 1.54) is 10.9 Å². The summed E-state index contributed by atoms with van der Waals surface area (Å²) in [5.74, 6) is 0. The fourth-order valence-electron chi connectivity index (χ4n) is 2.78. The molecule has 0 amide bonds. The van der Waals surface area contributed by atoms with Gasteiger partial charge in [-0.15, -0.1) is 0 Å². The van der Waals surface area contributed by atoms with Gasteiger partial charge >= 0.3 is 0 Å². The van der Waals surface area contributed by atoms with E-state index >= 15 is 0 Å². The minimum Gasteiger partial charge on any atom is -0.313 e. The Morgan fingerprint density at radius 1 is 1.24 bits per heavy atom. The van der Waals surface area contributed by atoms with E-state index in [-0.39, 0.29) is 6.04 Å². The summed E-state index contributed by atoms with van der Waals surface area (Å²) < 4.78 is 1.85. The van der Waals surface area contributed by atoms with Crippen LogP contribution in [0.2, 0.25) is 0 Å². The first kappa shape index (κ1) is 13.8. The zero-order valence-corrected chi connectivity index (χ0v) is 12.7. The molecule has 0 bridgehead atoms. The molecule has 2 aromatic heterocycles. The Hall–Kier alpha value is -2.20. The van der Waals surface area contributed by atoms with Crippen LogP contribution < -0.4 is 5.32 Å². The fourth-order valence-corrected chi connectivity index (χ4v) is 2.78. The number of para-hydroxylation sites is 1. The number of aromatic nitrogens is 3. The SMILES string of the molecule is CNC(Cc1ccn(C)n1)c1cc(C)nc2ccccc12. The van der Waals surface area contributed by atoms with E-state index in [2.05, 4.69) is 45.7 Å². The average molecular weight is 280 g/mol. The van der Waals surface area contributed by atoms with Crippen molar-refractivity contribution in [3.8, 4) is 0 Å². The first-order valence-corrected chi connectivity index (χ1v) is 7.19. The molecule has 0 aliphatic carbocycles. The highest BCUT2D eigenvalue weighted by Crippen LogP contribution is 2.26. The van der Waals surface area contributed by atoms with E-state index in [0.29, 0.717) is 0 Å². The number of benzene rings is 1. The van der Waals surface area contributed by atoms with Crippen LogP contribution in [0.4, 0.5) is 0 Å². The Labute approximate surface area is 124 Å². The van der Waals surface area contributed by atoms with E-state index < -0.39 is 0 Å². The Morgan fingerprint density at radius 3 is 2.76 bits per heavy atom. The van der Waals surface area contributed by atoms with Crippen LogP contribution >= 0.6 is 0 Å². The molecule has 1 atom stereocenters. The van der Waals surface area contributed by atoms with Crippen LogP contribution in [-0.2, 0) is 13.5 Å². The fraction of sp³-hybridized carbons (Fsp3) is 0.294. The van der Waals surface area contributed by atoms with Crippen molar-refractivity contribution >= 4 is 10.9 Å². The summed E-state index contributed by atoms with van der Waals surface area (Å²) >= 11 is 0. The molecular weight excluding hydrogens is 260 g/mol. The van der Waals surface area contributed by atoms with Crippen molar-refractivity contribution in [1.82, 2.24) is 20.1 Å². The lowest BCUT2D eigenvalue weighted by atomic mass is 9.97. The first-order valence-electron chi connectivity index (χ1n) is 7.19. The predicted octanol–water partition coefficient (Wildman–Crippen LogP) is 2.78. The summed E-state index contributed by atoms with van der Waals surface area (Å²) in [6, 6.07) is 12.8. The van der Waals surface area contributed by atoms with Gasteiger partial charge in [0.1, 0.15) is 0 Å². The molecule has 0 spiro atoms. The van der Waals surface area contributed by atoms with Crippen molar-refractivity contribution in [2.45, 2.75) is 19.4 Å². The van der Waals surface area contributed by atoms with Crippen LogP contribution in [0.25, 0.3) is 10.9 Å². The molecule has 108 valence electrons. The van der Waals surface area contributed by atoms with Gasteiger partial charge < -0.3 is 5.32 Å². The molecule has 0 aliphatic rings. The molecule has 1 N–H and O–H groups in total. The minimum atomic E-state index is 0.228. The lowest BCUT2D eigenvalue weighted by Crippen LogP contribution is -2.20. The van der Waals surface area contributed by atoms with Gasteiger partial charge in [0.15, 0.2) is 0 Å². The van der Waals surface area contributed by atoms with Gasteiger partial charge in [-0.3, -0.25) is 9.67 Å². The Balaban J connectivity index is 2.04. The molecule has 1 unspecified atom stereocenters. The summed E-state index contributed by atoms with van der Waals surface area (Å²) in [5.41, 5.74) is 4.47. The highest BCUT2D eigenvalue weighted by molar-refractivity contribution is 5.82. The summed E-state index contributed by atoms with van der Waals surface area (Å²) in [6.45, 7) is 2.05. The normalized spacial score (nSPS) is 12.7. The number of likely N-dealkylation sites (N-methyl/N-ethyl adjacent to an activating group) is 1. The number of nitrogens with one attached hydrogen (secondary N) is 1. The summed E-state index contributed by atoms with van der Waals surface area (Å²) in [7, 11) is 3.95. The monoisotopic (exact) mass is 280 g/mol. The molecule has 4 nitrogen and oxygen atoms in total.